The van der Waals surface area contributed by atoms with Gasteiger partial charge in [-0.15, -0.1) is 0 Å². The highest BCUT2D eigenvalue weighted by Crippen LogP contribution is 2.21. The van der Waals surface area contributed by atoms with E-state index in [1.807, 2.05) is 49.5 Å². The van der Waals surface area contributed by atoms with E-state index in [-0.39, 0.29) is 18.4 Å². The Morgan fingerprint density at radius 3 is 2.61 bits per heavy atom. The summed E-state index contributed by atoms with van der Waals surface area (Å²) in [6.45, 7) is 6.10. The Labute approximate surface area is 165 Å². The van der Waals surface area contributed by atoms with Crippen molar-refractivity contribution in [2.24, 2.45) is 0 Å². The molecule has 0 atom stereocenters. The van der Waals surface area contributed by atoms with Gasteiger partial charge in [0.1, 0.15) is 0 Å². The number of para-hydroxylation sites is 2. The number of fused-ring (bicyclic) bond motifs is 1. The molecule has 0 saturated heterocycles. The molecule has 0 bridgehead atoms. The lowest BCUT2D eigenvalue weighted by Crippen LogP contribution is -2.38. The zero-order valence-electron chi connectivity index (χ0n) is 16.7. The zero-order chi connectivity index (χ0) is 20.1. The molecule has 5 heteroatoms. The first-order valence-corrected chi connectivity index (χ1v) is 9.68. The molecule has 0 aliphatic carbocycles. The van der Waals surface area contributed by atoms with Gasteiger partial charge in [-0.05, 0) is 42.5 Å². The molecule has 2 aromatic carbocycles. The third kappa shape index (κ3) is 4.42. The lowest BCUT2D eigenvalue weighted by atomic mass is 10.1. The minimum Gasteiger partial charge on any atom is -0.361 e. The Bertz CT molecular complexity index is 990. The van der Waals surface area contributed by atoms with Crippen molar-refractivity contribution in [1.29, 1.82) is 0 Å². The Balaban J connectivity index is 1.66. The van der Waals surface area contributed by atoms with E-state index in [1.54, 1.807) is 4.90 Å². The molecule has 0 spiro atoms. The summed E-state index contributed by atoms with van der Waals surface area (Å²) in [5.41, 5.74) is 5.21. The molecule has 0 aliphatic rings. The van der Waals surface area contributed by atoms with Crippen LogP contribution in [0, 0.1) is 6.92 Å². The summed E-state index contributed by atoms with van der Waals surface area (Å²) in [6, 6.07) is 14.1. The van der Waals surface area contributed by atoms with Gasteiger partial charge in [0, 0.05) is 36.3 Å². The van der Waals surface area contributed by atoms with Crippen LogP contribution in [0.3, 0.4) is 0 Å². The molecule has 28 heavy (non-hydrogen) atoms. The van der Waals surface area contributed by atoms with Crippen molar-refractivity contribution in [3.05, 3.63) is 65.4 Å². The highest BCUT2D eigenvalue weighted by molar-refractivity contribution is 5.95. The van der Waals surface area contributed by atoms with Crippen molar-refractivity contribution in [3.63, 3.8) is 0 Å². The number of anilines is 1. The van der Waals surface area contributed by atoms with Gasteiger partial charge < -0.3 is 15.2 Å². The van der Waals surface area contributed by atoms with E-state index in [0.29, 0.717) is 13.0 Å². The van der Waals surface area contributed by atoms with E-state index in [4.69, 9.17) is 0 Å². The van der Waals surface area contributed by atoms with Crippen LogP contribution in [-0.4, -0.2) is 34.8 Å². The van der Waals surface area contributed by atoms with E-state index in [2.05, 4.69) is 23.3 Å². The quantitative estimate of drug-likeness (QED) is 0.652. The number of carbonyl (C=O) groups excluding carboxylic acids is 2. The number of benzene rings is 2. The fraction of sp³-hybridized carbons (Fsp3) is 0.304. The van der Waals surface area contributed by atoms with Crippen molar-refractivity contribution in [2.75, 3.05) is 18.4 Å². The van der Waals surface area contributed by atoms with Crippen molar-refractivity contribution in [3.8, 4) is 0 Å². The van der Waals surface area contributed by atoms with Crippen molar-refractivity contribution < 1.29 is 9.59 Å². The van der Waals surface area contributed by atoms with Gasteiger partial charge in [-0.3, -0.25) is 9.59 Å². The maximum Gasteiger partial charge on any atom is 0.244 e. The van der Waals surface area contributed by atoms with E-state index in [1.165, 1.54) is 6.92 Å². The molecule has 2 amide bonds. The third-order valence-corrected chi connectivity index (χ3v) is 5.11. The monoisotopic (exact) mass is 377 g/mol. The van der Waals surface area contributed by atoms with Gasteiger partial charge >= 0.3 is 0 Å². The lowest BCUT2D eigenvalue weighted by molar-refractivity contribution is -0.132. The second kappa shape index (κ2) is 8.74. The number of nitrogens with zero attached hydrogens (tertiary/aromatic N) is 1. The average Bonchev–Trinajstić information content (AvgIpc) is 3.09. The fourth-order valence-corrected chi connectivity index (χ4v) is 3.50. The summed E-state index contributed by atoms with van der Waals surface area (Å²) >= 11 is 0. The summed E-state index contributed by atoms with van der Waals surface area (Å²) in [7, 11) is 0. The van der Waals surface area contributed by atoms with Gasteiger partial charge in [0.15, 0.2) is 0 Å². The Morgan fingerprint density at radius 1 is 1.07 bits per heavy atom. The number of hydrogen-bond acceptors (Lipinski definition) is 2. The van der Waals surface area contributed by atoms with Gasteiger partial charge in [0.05, 0.1) is 6.54 Å². The van der Waals surface area contributed by atoms with Crippen LogP contribution in [0.1, 0.15) is 30.5 Å². The van der Waals surface area contributed by atoms with Gasteiger partial charge in [-0.1, -0.05) is 43.3 Å². The number of rotatable bonds is 7. The first-order chi connectivity index (χ1) is 13.5. The molecule has 1 aromatic heterocycles. The van der Waals surface area contributed by atoms with E-state index < -0.39 is 0 Å². The number of nitrogens with one attached hydrogen (secondary N) is 2. The van der Waals surface area contributed by atoms with E-state index in [0.717, 1.165) is 39.7 Å². The van der Waals surface area contributed by atoms with Crippen molar-refractivity contribution in [1.82, 2.24) is 9.88 Å². The molecule has 0 saturated carbocycles. The van der Waals surface area contributed by atoms with Gasteiger partial charge in [0.2, 0.25) is 11.8 Å². The second-order valence-electron chi connectivity index (χ2n) is 7.06. The average molecular weight is 377 g/mol. The second-order valence-corrected chi connectivity index (χ2v) is 7.06. The van der Waals surface area contributed by atoms with Crippen molar-refractivity contribution in [2.45, 2.75) is 33.6 Å². The van der Waals surface area contributed by atoms with Gasteiger partial charge in [0.25, 0.3) is 0 Å². The normalized spacial score (nSPS) is 10.8. The Hall–Kier alpha value is -3.08. The number of H-pyrrole nitrogens is 1. The molecule has 0 fully saturated rings. The molecular weight excluding hydrogens is 350 g/mol. The fourth-order valence-electron chi connectivity index (χ4n) is 3.50. The largest absolute Gasteiger partial charge is 0.361 e. The minimum absolute atomic E-state index is 0.0508. The molecule has 0 aliphatic heterocycles. The number of carbonyl (C=O) groups is 2. The number of aryl methyl sites for hydroxylation is 2. The van der Waals surface area contributed by atoms with E-state index in [9.17, 15) is 9.59 Å². The number of amides is 2. The number of hydrogen-bond donors (Lipinski definition) is 2. The Kier molecular flexibility index (Phi) is 6.14. The van der Waals surface area contributed by atoms with Crippen LogP contribution < -0.4 is 5.32 Å². The molecule has 3 rings (SSSR count). The standard InChI is InChI=1S/C23H27N3O2/c1-4-18-9-7-8-16(2)23(18)25-22(28)15-26(17(3)27)13-12-19-14-24-21-11-6-5-10-20(19)21/h5-11,14,24H,4,12-13,15H2,1-3H3,(H,25,28). The molecule has 146 valence electrons. The first-order valence-electron chi connectivity index (χ1n) is 9.68. The SMILES string of the molecule is CCc1cccc(C)c1NC(=O)CN(CCc1c[nH]c2ccccc12)C(C)=O. The minimum atomic E-state index is -0.168. The molecule has 0 unspecified atom stereocenters. The summed E-state index contributed by atoms with van der Waals surface area (Å²) in [5, 5.41) is 4.15. The number of aromatic nitrogens is 1. The molecule has 2 N–H and O–H groups in total. The maximum absolute atomic E-state index is 12.6. The highest BCUT2D eigenvalue weighted by Gasteiger charge is 2.16. The summed E-state index contributed by atoms with van der Waals surface area (Å²) in [5.74, 6) is -0.270. The predicted molar refractivity (Wildman–Crippen MR) is 113 cm³/mol. The molecular formula is C23H27N3O2. The van der Waals surface area contributed by atoms with Crippen LogP contribution in [0.5, 0.6) is 0 Å². The van der Waals surface area contributed by atoms with Crippen LogP contribution in [0.2, 0.25) is 0 Å². The van der Waals surface area contributed by atoms with Crippen LogP contribution in [0.4, 0.5) is 5.69 Å². The molecule has 3 aromatic rings. The molecule has 1 heterocycles. The van der Waals surface area contributed by atoms with Crippen LogP contribution in [-0.2, 0) is 22.4 Å². The van der Waals surface area contributed by atoms with Crippen LogP contribution in [0.15, 0.2) is 48.7 Å². The third-order valence-electron chi connectivity index (χ3n) is 5.11. The summed E-state index contributed by atoms with van der Waals surface area (Å²) in [4.78, 5) is 29.5. The smallest absolute Gasteiger partial charge is 0.244 e. The maximum atomic E-state index is 12.6. The molecule has 5 nitrogen and oxygen atoms in total. The molecule has 0 radical (unpaired) electrons. The van der Waals surface area contributed by atoms with Gasteiger partial charge in [-0.2, -0.15) is 0 Å². The lowest BCUT2D eigenvalue weighted by Gasteiger charge is -2.21. The summed E-state index contributed by atoms with van der Waals surface area (Å²) in [6.07, 6.45) is 3.51. The van der Waals surface area contributed by atoms with Crippen LogP contribution in [0.25, 0.3) is 10.9 Å². The van der Waals surface area contributed by atoms with E-state index >= 15 is 0 Å². The topological polar surface area (TPSA) is 65.2 Å². The Morgan fingerprint density at radius 2 is 1.86 bits per heavy atom. The number of aromatic amines is 1. The predicted octanol–water partition coefficient (Wildman–Crippen LogP) is 4.07. The zero-order valence-corrected chi connectivity index (χ0v) is 16.7. The first kappa shape index (κ1) is 19.7. The summed E-state index contributed by atoms with van der Waals surface area (Å²) < 4.78 is 0. The highest BCUT2D eigenvalue weighted by atomic mass is 16.2. The van der Waals surface area contributed by atoms with Crippen LogP contribution >= 0.6 is 0 Å². The van der Waals surface area contributed by atoms with Gasteiger partial charge in [-0.25, -0.2) is 0 Å². The van der Waals surface area contributed by atoms with Crippen molar-refractivity contribution >= 4 is 28.4 Å².